The van der Waals surface area contributed by atoms with Crippen molar-refractivity contribution in [3.63, 3.8) is 0 Å². The molecule has 6 rings (SSSR count). The Hall–Kier alpha value is -3.66. The van der Waals surface area contributed by atoms with Gasteiger partial charge in [0.2, 0.25) is 0 Å². The van der Waals surface area contributed by atoms with Crippen molar-refractivity contribution in [2.24, 2.45) is 7.05 Å². The molecule has 2 aliphatic heterocycles. The first kappa shape index (κ1) is 15.3. The number of benzene rings is 3. The number of anilines is 1. The van der Waals surface area contributed by atoms with E-state index < -0.39 is 19.2 Å². The van der Waals surface area contributed by atoms with E-state index in [0.717, 1.165) is 33.5 Å². The van der Waals surface area contributed by atoms with Crippen LogP contribution in [-0.2, 0) is 12.6 Å². The molecule has 0 N–H and O–H groups in total. The minimum absolute atomic E-state index is 0.186. The third kappa shape index (κ3) is 2.78. The molecule has 0 aliphatic carbocycles. The zero-order valence-corrected chi connectivity index (χ0v) is 19.6. The fourth-order valence-corrected chi connectivity index (χ4v) is 5.56. The normalized spacial score (nSPS) is 19.1. The van der Waals surface area contributed by atoms with Gasteiger partial charge in [0.25, 0.3) is 11.7 Å². The van der Waals surface area contributed by atoms with E-state index >= 15 is 0 Å². The van der Waals surface area contributed by atoms with Crippen LogP contribution in [0, 0.1) is 0 Å². The molecule has 166 valence electrons. The van der Waals surface area contributed by atoms with Crippen molar-refractivity contribution in [3.05, 3.63) is 102 Å². The summed E-state index contributed by atoms with van der Waals surface area (Å²) in [6.45, 7) is -3.97. The predicted octanol–water partition coefficient (Wildman–Crippen LogP) is 4.83. The lowest BCUT2D eigenvalue weighted by Crippen LogP contribution is -2.51. The maximum Gasteiger partial charge on any atom is 0.414 e. The third-order valence-electron chi connectivity index (χ3n) is 7.31. The summed E-state index contributed by atoms with van der Waals surface area (Å²) in [6, 6.07) is 26.9. The van der Waals surface area contributed by atoms with Gasteiger partial charge in [0.05, 0.1) is 25.9 Å². The summed E-state index contributed by atoms with van der Waals surface area (Å²) in [5.41, 5.74) is 3.01. The fraction of sp³-hybridized carbons (Fsp3) is 0.200. The number of amidine groups is 1. The van der Waals surface area contributed by atoms with E-state index in [1.165, 1.54) is 4.58 Å². The first-order valence-corrected chi connectivity index (χ1v) is 11.6. The van der Waals surface area contributed by atoms with Crippen LogP contribution in [0.25, 0.3) is 22.3 Å². The molecule has 0 unspecified atom stereocenters. The fourth-order valence-electron chi connectivity index (χ4n) is 5.56. The van der Waals surface area contributed by atoms with Crippen molar-refractivity contribution in [2.45, 2.75) is 26.1 Å². The summed E-state index contributed by atoms with van der Waals surface area (Å²) in [6.07, 6.45) is 1.94. The van der Waals surface area contributed by atoms with Gasteiger partial charge >= 0.3 is 6.85 Å². The van der Waals surface area contributed by atoms with E-state index in [1.807, 2.05) is 84.5 Å². The van der Waals surface area contributed by atoms with E-state index in [4.69, 9.17) is 8.22 Å². The largest absolute Gasteiger partial charge is 0.414 e. The van der Waals surface area contributed by atoms with Crippen molar-refractivity contribution < 1.29 is 17.4 Å². The van der Waals surface area contributed by atoms with Gasteiger partial charge in [-0.15, -0.1) is 0 Å². The Bertz CT molecular complexity index is 1680. The number of pyridine rings is 1. The Kier molecular flexibility index (Phi) is 3.34. The summed E-state index contributed by atoms with van der Waals surface area (Å²) >= 11 is 0. The van der Waals surface area contributed by atoms with Gasteiger partial charge < -0.3 is 0 Å². The summed E-state index contributed by atoms with van der Waals surface area (Å²) < 4.78 is 57.1. The molecule has 3 nitrogen and oxygen atoms in total. The third-order valence-corrected chi connectivity index (χ3v) is 7.31. The lowest BCUT2D eigenvalue weighted by atomic mass is 9.58. The van der Waals surface area contributed by atoms with E-state index in [0.29, 0.717) is 11.4 Å². The molecular weight excluding hydrogens is 413 g/mol. The van der Waals surface area contributed by atoms with Crippen molar-refractivity contribution in [2.75, 3.05) is 11.9 Å². The molecule has 0 saturated carbocycles. The highest BCUT2D eigenvalue weighted by Crippen LogP contribution is 2.42. The van der Waals surface area contributed by atoms with E-state index in [9.17, 15) is 0 Å². The van der Waals surface area contributed by atoms with Crippen LogP contribution in [0.2, 0.25) is 6.82 Å². The van der Waals surface area contributed by atoms with Crippen molar-refractivity contribution in [1.82, 2.24) is 0 Å². The first-order valence-electron chi connectivity index (χ1n) is 14.6. The second-order valence-corrected chi connectivity index (χ2v) is 9.17. The second-order valence-electron chi connectivity index (χ2n) is 9.17. The van der Waals surface area contributed by atoms with Gasteiger partial charge in [0.15, 0.2) is 0 Å². The van der Waals surface area contributed by atoms with E-state index in [2.05, 4.69) is 17.7 Å². The molecule has 34 heavy (non-hydrogen) atoms. The minimum Gasteiger partial charge on any atom is -0.256 e. The number of rotatable bonds is 1. The maximum atomic E-state index is 8.94. The molecule has 0 bridgehead atoms. The van der Waals surface area contributed by atoms with Gasteiger partial charge in [-0.05, 0) is 54.3 Å². The summed E-state index contributed by atoms with van der Waals surface area (Å²) in [7, 11) is 3.57. The van der Waals surface area contributed by atoms with E-state index in [-0.39, 0.29) is 12.4 Å². The van der Waals surface area contributed by atoms with Gasteiger partial charge in [0.1, 0.15) is 5.54 Å². The molecular formula is C30H30BN3+2. The molecule has 0 saturated heterocycles. The average Bonchev–Trinajstić information content (AvgIpc) is 3.21. The maximum absolute atomic E-state index is 8.94. The van der Waals surface area contributed by atoms with Crippen LogP contribution in [0.3, 0.4) is 0 Å². The smallest absolute Gasteiger partial charge is 0.256 e. The van der Waals surface area contributed by atoms with Crippen molar-refractivity contribution >= 4 is 24.0 Å². The Balaban J connectivity index is 1.92. The molecule has 0 radical (unpaired) electrons. The highest BCUT2D eigenvalue weighted by molar-refractivity contribution is 6.84. The Morgan fingerprint density at radius 2 is 1.41 bits per heavy atom. The van der Waals surface area contributed by atoms with Crippen LogP contribution in [0.4, 0.5) is 5.82 Å². The number of hydrogen-bond donors (Lipinski definition) is 0. The molecule has 3 heterocycles. The molecule has 2 aliphatic rings. The molecule has 3 aromatic carbocycles. The monoisotopic (exact) mass is 449 g/mol. The van der Waals surface area contributed by atoms with Crippen LogP contribution >= 0.6 is 0 Å². The van der Waals surface area contributed by atoms with Gasteiger partial charge in [0, 0.05) is 19.9 Å². The number of aromatic nitrogens is 1. The second kappa shape index (κ2) is 7.43. The van der Waals surface area contributed by atoms with Gasteiger partial charge in [-0.25, -0.2) is 4.57 Å². The molecule has 0 atom stereocenters. The molecule has 0 spiro atoms. The number of nitrogens with zero attached hydrogens (tertiary/aromatic N) is 3. The Labute approximate surface area is 211 Å². The standard InChI is InChI=1S/C30H30BN3/c1-30(2)25-17-9-8-15-23(25)21-13-6-7-14-22(21)24-16-12-18-26-28(24)29(33(30)5)34(31(26)3)27-19-10-11-20-32(27)4/h6-20H,1-5H3/q+2/i1D3,2D3. The average molecular weight is 449 g/mol. The van der Waals surface area contributed by atoms with Gasteiger partial charge in [-0.2, -0.15) is 0 Å². The predicted molar refractivity (Wildman–Crippen MR) is 142 cm³/mol. The molecule has 0 fully saturated rings. The van der Waals surface area contributed by atoms with Crippen LogP contribution in [0.15, 0.2) is 91.1 Å². The zero-order chi connectivity index (χ0) is 28.6. The topological polar surface area (TPSA) is 10.1 Å². The van der Waals surface area contributed by atoms with Crippen LogP contribution in [-0.4, -0.2) is 24.3 Å². The van der Waals surface area contributed by atoms with E-state index in [1.54, 1.807) is 19.2 Å². The summed E-state index contributed by atoms with van der Waals surface area (Å²) in [5.74, 6) is 1.38. The quantitative estimate of drug-likeness (QED) is 0.299. The number of fused-ring (bicyclic) bond motifs is 4. The minimum atomic E-state index is -2.93. The van der Waals surface area contributed by atoms with Crippen LogP contribution in [0.1, 0.15) is 33.1 Å². The Morgan fingerprint density at radius 3 is 2.15 bits per heavy atom. The molecule has 0 amide bonds. The highest BCUT2D eigenvalue weighted by Gasteiger charge is 2.50. The number of aryl methyl sites for hydroxylation is 1. The van der Waals surface area contributed by atoms with Crippen molar-refractivity contribution in [3.8, 4) is 22.3 Å². The Morgan fingerprint density at radius 1 is 0.765 bits per heavy atom. The summed E-state index contributed by atoms with van der Waals surface area (Å²) in [4.78, 5) is 2.08. The first-order chi connectivity index (χ1) is 18.9. The SMILES string of the molecule is [2H]C([2H])([2H])C1(C([2H])([2H])[2H])c2ccccc2-c2ccccc2-c2cccc3c2C(=[N+]1C)N(c1cccc[n+]1C)B3C. The zero-order valence-electron chi connectivity index (χ0n) is 25.6. The lowest BCUT2D eigenvalue weighted by molar-refractivity contribution is -0.658. The molecule has 1 aromatic heterocycles. The number of hydrogen-bond acceptors (Lipinski definition) is 1. The van der Waals surface area contributed by atoms with Gasteiger partial charge in [-0.1, -0.05) is 72.8 Å². The molecule has 4 heteroatoms. The van der Waals surface area contributed by atoms with Crippen LogP contribution in [0.5, 0.6) is 0 Å². The molecule has 4 aromatic rings. The lowest BCUT2D eigenvalue weighted by Gasteiger charge is -2.30. The van der Waals surface area contributed by atoms with Gasteiger partial charge in [-0.3, -0.25) is 9.39 Å². The highest BCUT2D eigenvalue weighted by atomic mass is 15.3. The summed E-state index contributed by atoms with van der Waals surface area (Å²) in [5, 5.41) is 0. The van der Waals surface area contributed by atoms with Crippen LogP contribution < -0.4 is 14.8 Å². The van der Waals surface area contributed by atoms with Crippen molar-refractivity contribution in [1.29, 1.82) is 0 Å².